The summed E-state index contributed by atoms with van der Waals surface area (Å²) in [4.78, 5) is 31.4. The molecular formula is C28H25IN2O4S. The quantitative estimate of drug-likeness (QED) is 0.227. The Labute approximate surface area is 228 Å². The molecule has 6 nitrogen and oxygen atoms in total. The monoisotopic (exact) mass is 612 g/mol. The fourth-order valence-electron chi connectivity index (χ4n) is 3.59. The number of amides is 1. The molecular weight excluding hydrogens is 587 g/mol. The normalized spacial score (nSPS) is 15.6. The van der Waals surface area contributed by atoms with E-state index in [-0.39, 0.29) is 5.91 Å². The summed E-state index contributed by atoms with van der Waals surface area (Å²) in [5, 5.41) is 9.44. The van der Waals surface area contributed by atoms with Crippen LogP contribution in [-0.4, -0.2) is 28.8 Å². The third kappa shape index (κ3) is 6.17. The molecule has 0 unspecified atom stereocenters. The number of nitrogens with zero attached hydrogens (tertiary/aromatic N) is 2. The van der Waals surface area contributed by atoms with Crippen LogP contribution in [0.5, 0.6) is 5.75 Å². The third-order valence-electron chi connectivity index (χ3n) is 5.58. The fourth-order valence-corrected chi connectivity index (χ4v) is 5.28. The number of aryl methyl sites for hydroxylation is 2. The number of aliphatic imine (C=N–C) groups is 1. The van der Waals surface area contributed by atoms with Gasteiger partial charge in [-0.1, -0.05) is 44.2 Å². The number of thioether (sulfide) groups is 1. The average molecular weight is 612 g/mol. The zero-order chi connectivity index (χ0) is 25.7. The summed E-state index contributed by atoms with van der Waals surface area (Å²) in [6.45, 7) is 3.80. The number of carboxylic acids is 1. The summed E-state index contributed by atoms with van der Waals surface area (Å²) in [5.74, 6) is -0.691. The second kappa shape index (κ2) is 11.7. The minimum Gasteiger partial charge on any atom is -0.481 e. The van der Waals surface area contributed by atoms with Crippen LogP contribution >= 0.6 is 34.4 Å². The third-order valence-corrected chi connectivity index (χ3v) is 7.40. The molecule has 0 saturated carbocycles. The van der Waals surface area contributed by atoms with Crippen LogP contribution in [0.25, 0.3) is 6.08 Å². The van der Waals surface area contributed by atoms with Crippen LogP contribution in [-0.2, 0) is 22.4 Å². The number of hydrogen-bond acceptors (Lipinski definition) is 5. The Hall–Kier alpha value is -3.11. The minimum atomic E-state index is -1.03. The molecule has 1 amide bonds. The van der Waals surface area contributed by atoms with Crippen LogP contribution in [0.4, 0.5) is 11.4 Å². The highest BCUT2D eigenvalue weighted by Gasteiger charge is 2.34. The fraction of sp³-hybridized carbons (Fsp3) is 0.179. The first-order valence-electron chi connectivity index (χ1n) is 11.5. The van der Waals surface area contributed by atoms with Gasteiger partial charge in [0.05, 0.1) is 19.9 Å². The summed E-state index contributed by atoms with van der Waals surface area (Å²) in [7, 11) is 0. The predicted octanol–water partition coefficient (Wildman–Crippen LogP) is 6.69. The van der Waals surface area contributed by atoms with E-state index in [1.807, 2.05) is 60.7 Å². The number of anilines is 1. The van der Waals surface area contributed by atoms with E-state index in [2.05, 4.69) is 36.4 Å². The number of ether oxygens (including phenoxy) is 1. The number of amidine groups is 1. The highest BCUT2D eigenvalue weighted by molar-refractivity contribution is 14.1. The van der Waals surface area contributed by atoms with Crippen molar-refractivity contribution in [3.63, 3.8) is 0 Å². The Morgan fingerprint density at radius 1 is 1.03 bits per heavy atom. The maximum absolute atomic E-state index is 13.6. The zero-order valence-corrected chi connectivity index (χ0v) is 22.9. The van der Waals surface area contributed by atoms with E-state index in [1.54, 1.807) is 17.0 Å². The summed E-state index contributed by atoms with van der Waals surface area (Å²) in [6.07, 6.45) is 3.70. The lowest BCUT2D eigenvalue weighted by molar-refractivity contribution is -0.139. The molecule has 1 aliphatic rings. The summed E-state index contributed by atoms with van der Waals surface area (Å²) >= 11 is 3.43. The molecule has 0 spiro atoms. The molecule has 0 aromatic heterocycles. The topological polar surface area (TPSA) is 79.2 Å². The van der Waals surface area contributed by atoms with Crippen molar-refractivity contribution < 1.29 is 19.4 Å². The second-order valence-electron chi connectivity index (χ2n) is 8.06. The van der Waals surface area contributed by atoms with E-state index in [1.165, 1.54) is 22.9 Å². The Morgan fingerprint density at radius 2 is 1.67 bits per heavy atom. The first kappa shape index (κ1) is 26.0. The zero-order valence-electron chi connectivity index (χ0n) is 19.9. The Kier molecular flexibility index (Phi) is 8.48. The van der Waals surface area contributed by atoms with Crippen LogP contribution in [0.15, 0.2) is 76.6 Å². The van der Waals surface area contributed by atoms with Crippen molar-refractivity contribution >= 4 is 68.8 Å². The number of carboxylic acid groups (broad SMARTS) is 1. The van der Waals surface area contributed by atoms with Crippen molar-refractivity contribution in [3.8, 4) is 5.75 Å². The highest BCUT2D eigenvalue weighted by Crippen LogP contribution is 2.38. The number of rotatable bonds is 8. The van der Waals surface area contributed by atoms with Gasteiger partial charge in [0, 0.05) is 0 Å². The van der Waals surface area contributed by atoms with Gasteiger partial charge in [-0.25, -0.2) is 9.79 Å². The molecule has 1 saturated heterocycles. The lowest BCUT2D eigenvalue weighted by Crippen LogP contribution is -2.28. The molecule has 36 heavy (non-hydrogen) atoms. The maximum Gasteiger partial charge on any atom is 0.341 e. The summed E-state index contributed by atoms with van der Waals surface area (Å²) in [5.41, 5.74) is 4.79. The van der Waals surface area contributed by atoms with E-state index in [0.717, 1.165) is 33.4 Å². The number of carbonyl (C=O) groups excluding carboxylic acids is 1. The smallest absolute Gasteiger partial charge is 0.341 e. The van der Waals surface area contributed by atoms with Crippen LogP contribution in [0.3, 0.4) is 0 Å². The van der Waals surface area contributed by atoms with Crippen LogP contribution < -0.4 is 9.64 Å². The number of hydrogen-bond donors (Lipinski definition) is 1. The van der Waals surface area contributed by atoms with E-state index < -0.39 is 12.6 Å². The minimum absolute atomic E-state index is 0.144. The molecule has 1 N–H and O–H groups in total. The standard InChI is InChI=1S/C28H25IN2O4S/c1-3-18-5-10-21(11-6-18)30-28-31(22-12-7-19(4-2)8-13-22)27(34)25(36-28)16-20-9-14-24(23(29)15-20)35-17-26(32)33/h5-16H,3-4,17H2,1-2H3,(H,32,33)/b25-16-,30-28?. The Balaban J connectivity index is 1.68. The number of benzene rings is 3. The number of aliphatic carboxylic acids is 1. The van der Waals surface area contributed by atoms with Crippen LogP contribution in [0.1, 0.15) is 30.5 Å². The highest BCUT2D eigenvalue weighted by atomic mass is 127. The molecule has 3 aromatic carbocycles. The molecule has 1 fully saturated rings. The molecule has 0 bridgehead atoms. The van der Waals surface area contributed by atoms with Gasteiger partial charge in [0.1, 0.15) is 5.75 Å². The van der Waals surface area contributed by atoms with Crippen LogP contribution in [0, 0.1) is 3.57 Å². The largest absolute Gasteiger partial charge is 0.481 e. The Morgan fingerprint density at radius 3 is 2.25 bits per heavy atom. The van der Waals surface area contributed by atoms with Gasteiger partial charge in [-0.15, -0.1) is 0 Å². The average Bonchev–Trinajstić information content (AvgIpc) is 3.18. The van der Waals surface area contributed by atoms with E-state index >= 15 is 0 Å². The van der Waals surface area contributed by atoms with Gasteiger partial charge in [-0.2, -0.15) is 0 Å². The van der Waals surface area contributed by atoms with Gasteiger partial charge in [0.15, 0.2) is 11.8 Å². The first-order chi connectivity index (χ1) is 17.4. The van der Waals surface area contributed by atoms with Gasteiger partial charge in [-0.05, 0) is 106 Å². The Bertz CT molecular complexity index is 1330. The van der Waals surface area contributed by atoms with Crippen molar-refractivity contribution in [2.75, 3.05) is 11.5 Å². The van der Waals surface area contributed by atoms with Crippen molar-refractivity contribution in [2.24, 2.45) is 4.99 Å². The SMILES string of the molecule is CCc1ccc(N=C2S/C(=C\c3ccc(OCC(=O)O)c(I)c3)C(=O)N2c2ccc(CC)cc2)cc1. The van der Waals surface area contributed by atoms with Crippen molar-refractivity contribution in [1.29, 1.82) is 0 Å². The van der Waals surface area contributed by atoms with Crippen molar-refractivity contribution in [1.82, 2.24) is 0 Å². The lowest BCUT2D eigenvalue weighted by Gasteiger charge is -2.16. The van der Waals surface area contributed by atoms with Gasteiger partial charge in [-0.3, -0.25) is 9.69 Å². The molecule has 0 radical (unpaired) electrons. The van der Waals surface area contributed by atoms with E-state index in [9.17, 15) is 9.59 Å². The molecule has 0 aliphatic carbocycles. The predicted molar refractivity (Wildman–Crippen MR) is 154 cm³/mol. The molecule has 3 aromatic rings. The molecule has 4 rings (SSSR count). The number of halogens is 1. The second-order valence-corrected chi connectivity index (χ2v) is 10.2. The lowest BCUT2D eigenvalue weighted by atomic mass is 10.1. The molecule has 0 atom stereocenters. The van der Waals surface area contributed by atoms with Crippen molar-refractivity contribution in [2.45, 2.75) is 26.7 Å². The molecule has 1 aliphatic heterocycles. The summed E-state index contributed by atoms with van der Waals surface area (Å²) in [6, 6.07) is 21.4. The van der Waals surface area contributed by atoms with E-state index in [4.69, 9.17) is 14.8 Å². The van der Waals surface area contributed by atoms with Gasteiger partial charge in [0.25, 0.3) is 5.91 Å². The van der Waals surface area contributed by atoms with Crippen LogP contribution in [0.2, 0.25) is 0 Å². The molecule has 184 valence electrons. The number of carbonyl (C=O) groups is 2. The van der Waals surface area contributed by atoms with Crippen molar-refractivity contribution in [3.05, 3.63) is 91.9 Å². The van der Waals surface area contributed by atoms with Gasteiger partial charge < -0.3 is 9.84 Å². The van der Waals surface area contributed by atoms with Gasteiger partial charge in [0.2, 0.25) is 0 Å². The maximum atomic E-state index is 13.6. The molecule has 1 heterocycles. The molecule has 8 heteroatoms. The summed E-state index contributed by atoms with van der Waals surface area (Å²) < 4.78 is 6.07. The first-order valence-corrected chi connectivity index (χ1v) is 13.4. The van der Waals surface area contributed by atoms with Gasteiger partial charge >= 0.3 is 5.97 Å². The van der Waals surface area contributed by atoms with E-state index in [0.29, 0.717) is 15.8 Å².